The van der Waals surface area contributed by atoms with Gasteiger partial charge >= 0.3 is 0 Å². The topological polar surface area (TPSA) is 58.6 Å². The van der Waals surface area contributed by atoms with E-state index in [1.807, 2.05) is 31.2 Å². The summed E-state index contributed by atoms with van der Waals surface area (Å²) in [5, 5.41) is 2.28. The van der Waals surface area contributed by atoms with Gasteiger partial charge in [0.05, 0.1) is 5.69 Å². The number of anilines is 1. The molecule has 3 aromatic rings. The Bertz CT molecular complexity index is 1220. The predicted molar refractivity (Wildman–Crippen MR) is 125 cm³/mol. The molecule has 1 N–H and O–H groups in total. The van der Waals surface area contributed by atoms with Crippen molar-refractivity contribution >= 4 is 40.9 Å². The number of para-hydroxylation sites is 1. The lowest BCUT2D eigenvalue weighted by Gasteiger charge is -2.29. The van der Waals surface area contributed by atoms with Crippen molar-refractivity contribution in [2.24, 2.45) is 0 Å². The van der Waals surface area contributed by atoms with Crippen molar-refractivity contribution in [3.63, 3.8) is 0 Å². The van der Waals surface area contributed by atoms with Crippen LogP contribution in [0.2, 0.25) is 0 Å². The number of halogens is 1. The Balaban J connectivity index is 1.52. The second-order valence-electron chi connectivity index (χ2n) is 7.25. The maximum Gasteiger partial charge on any atom is 0.270 e. The number of hydrogen-bond donors (Lipinski definition) is 1. The van der Waals surface area contributed by atoms with E-state index in [2.05, 4.69) is 5.32 Å². The fourth-order valence-corrected chi connectivity index (χ4v) is 3.46. The van der Waals surface area contributed by atoms with Gasteiger partial charge in [0.25, 0.3) is 11.8 Å². The number of ether oxygens (including phenoxy) is 1. The van der Waals surface area contributed by atoms with E-state index in [0.717, 1.165) is 10.5 Å². The smallest absolute Gasteiger partial charge is 0.270 e. The van der Waals surface area contributed by atoms with Crippen molar-refractivity contribution in [3.8, 4) is 5.75 Å². The molecule has 0 aromatic heterocycles. The minimum absolute atomic E-state index is 0.0201. The molecule has 1 aliphatic heterocycles. The Kier molecular flexibility index (Phi) is 6.09. The number of carbonyl (C=O) groups excluding carboxylic acids is 2. The van der Waals surface area contributed by atoms with Gasteiger partial charge in [-0.3, -0.25) is 14.9 Å². The molecular formula is C25H19FN2O3S. The molecule has 5 nitrogen and oxygen atoms in total. The first-order valence-corrected chi connectivity index (χ1v) is 10.3. The van der Waals surface area contributed by atoms with Gasteiger partial charge < -0.3 is 4.74 Å². The van der Waals surface area contributed by atoms with E-state index < -0.39 is 17.6 Å². The third-order valence-electron chi connectivity index (χ3n) is 4.91. The molecule has 3 aromatic carbocycles. The van der Waals surface area contributed by atoms with E-state index in [4.69, 9.17) is 17.0 Å². The van der Waals surface area contributed by atoms with E-state index in [-0.39, 0.29) is 16.4 Å². The van der Waals surface area contributed by atoms with Gasteiger partial charge in [0.2, 0.25) is 0 Å². The number of thiocarbonyl (C=S) groups is 1. The molecular weight excluding hydrogens is 427 g/mol. The predicted octanol–water partition coefficient (Wildman–Crippen LogP) is 4.54. The molecule has 2 amide bonds. The van der Waals surface area contributed by atoms with Gasteiger partial charge in [0.1, 0.15) is 23.7 Å². The van der Waals surface area contributed by atoms with Crippen molar-refractivity contribution in [1.29, 1.82) is 0 Å². The molecule has 0 saturated carbocycles. The van der Waals surface area contributed by atoms with Gasteiger partial charge in [-0.05, 0) is 60.6 Å². The summed E-state index contributed by atoms with van der Waals surface area (Å²) in [5.41, 5.74) is 2.69. The highest BCUT2D eigenvalue weighted by Crippen LogP contribution is 2.25. The van der Waals surface area contributed by atoms with E-state index in [0.29, 0.717) is 17.9 Å². The van der Waals surface area contributed by atoms with Gasteiger partial charge in [-0.1, -0.05) is 54.1 Å². The van der Waals surface area contributed by atoms with Crippen LogP contribution in [0.5, 0.6) is 5.75 Å². The number of carbonyl (C=O) groups is 2. The second kappa shape index (κ2) is 9.11. The zero-order valence-electron chi connectivity index (χ0n) is 17.2. The summed E-state index contributed by atoms with van der Waals surface area (Å²) in [6.45, 7) is 2.45. The molecule has 0 atom stereocenters. The first-order chi connectivity index (χ1) is 15.4. The van der Waals surface area contributed by atoms with Crippen LogP contribution in [0.1, 0.15) is 16.7 Å². The molecule has 1 heterocycles. The van der Waals surface area contributed by atoms with E-state index >= 15 is 0 Å². The summed E-state index contributed by atoms with van der Waals surface area (Å²) in [7, 11) is 0. The average molecular weight is 447 g/mol. The van der Waals surface area contributed by atoms with Gasteiger partial charge in [-0.2, -0.15) is 0 Å². The third-order valence-corrected chi connectivity index (χ3v) is 5.20. The van der Waals surface area contributed by atoms with Crippen LogP contribution in [0.3, 0.4) is 0 Å². The van der Waals surface area contributed by atoms with Crippen LogP contribution in [-0.2, 0) is 16.2 Å². The summed E-state index contributed by atoms with van der Waals surface area (Å²) in [6, 6.07) is 20.8. The van der Waals surface area contributed by atoms with Crippen LogP contribution in [0.25, 0.3) is 6.08 Å². The van der Waals surface area contributed by atoms with Crippen molar-refractivity contribution in [1.82, 2.24) is 5.32 Å². The molecule has 0 spiro atoms. The maximum absolute atomic E-state index is 14.2. The Hall–Kier alpha value is -3.84. The number of nitrogens with zero attached hydrogens (tertiary/aromatic N) is 1. The summed E-state index contributed by atoms with van der Waals surface area (Å²) < 4.78 is 20.0. The van der Waals surface area contributed by atoms with Crippen LogP contribution < -0.4 is 15.0 Å². The molecule has 1 saturated heterocycles. The molecule has 0 unspecified atom stereocenters. The summed E-state index contributed by atoms with van der Waals surface area (Å²) in [4.78, 5) is 26.4. The molecule has 1 fully saturated rings. The highest BCUT2D eigenvalue weighted by atomic mass is 32.1. The zero-order valence-corrected chi connectivity index (χ0v) is 18.0. The number of aryl methyl sites for hydroxylation is 1. The molecule has 0 bridgehead atoms. The highest BCUT2D eigenvalue weighted by Gasteiger charge is 2.35. The molecule has 32 heavy (non-hydrogen) atoms. The Labute approximate surface area is 190 Å². The van der Waals surface area contributed by atoms with Gasteiger partial charge in [-0.25, -0.2) is 9.29 Å². The minimum Gasteiger partial charge on any atom is -0.489 e. The van der Waals surface area contributed by atoms with E-state index in [9.17, 15) is 14.0 Å². The fourth-order valence-electron chi connectivity index (χ4n) is 3.19. The lowest BCUT2D eigenvalue weighted by Crippen LogP contribution is -2.54. The second-order valence-corrected chi connectivity index (χ2v) is 7.64. The molecule has 7 heteroatoms. The molecule has 0 radical (unpaired) electrons. The Morgan fingerprint density at radius 1 is 1.00 bits per heavy atom. The van der Waals surface area contributed by atoms with Gasteiger partial charge in [0.15, 0.2) is 5.11 Å². The number of rotatable bonds is 5. The normalized spacial score (nSPS) is 15.1. The monoisotopic (exact) mass is 446 g/mol. The minimum atomic E-state index is -0.691. The number of nitrogens with one attached hydrogen (secondary N) is 1. The van der Waals surface area contributed by atoms with Crippen molar-refractivity contribution in [2.75, 3.05) is 4.90 Å². The van der Waals surface area contributed by atoms with Crippen LogP contribution >= 0.6 is 12.2 Å². The largest absolute Gasteiger partial charge is 0.489 e. The Morgan fingerprint density at radius 3 is 2.38 bits per heavy atom. The first kappa shape index (κ1) is 21.4. The van der Waals surface area contributed by atoms with Gasteiger partial charge in [0, 0.05) is 0 Å². The maximum atomic E-state index is 14.2. The van der Waals surface area contributed by atoms with E-state index in [1.54, 1.807) is 30.3 Å². The number of hydrogen-bond acceptors (Lipinski definition) is 4. The van der Waals surface area contributed by atoms with E-state index in [1.165, 1.54) is 29.8 Å². The van der Waals surface area contributed by atoms with Crippen molar-refractivity contribution < 1.29 is 18.7 Å². The van der Waals surface area contributed by atoms with Crippen LogP contribution in [-0.4, -0.2) is 16.9 Å². The molecule has 0 aliphatic carbocycles. The number of benzene rings is 3. The summed E-state index contributed by atoms with van der Waals surface area (Å²) in [6.07, 6.45) is 1.44. The zero-order chi connectivity index (χ0) is 22.7. The Morgan fingerprint density at radius 2 is 1.69 bits per heavy atom. The van der Waals surface area contributed by atoms with Crippen LogP contribution in [0.15, 0.2) is 78.4 Å². The lowest BCUT2D eigenvalue weighted by molar-refractivity contribution is -0.122. The highest BCUT2D eigenvalue weighted by molar-refractivity contribution is 7.80. The first-order valence-electron chi connectivity index (χ1n) is 9.87. The third kappa shape index (κ3) is 4.58. The quantitative estimate of drug-likeness (QED) is 0.355. The molecule has 160 valence electrons. The SMILES string of the molecule is Cc1ccc(COc2ccc(/C=C3\C(=O)NC(=S)N(c4ccccc4F)C3=O)cc2)cc1. The van der Waals surface area contributed by atoms with Crippen molar-refractivity contribution in [3.05, 3.63) is 101 Å². The standard InChI is InChI=1S/C25H19FN2O3S/c1-16-6-8-18(9-7-16)15-31-19-12-10-17(11-13-19)14-20-23(29)27-25(32)28(24(20)30)22-5-3-2-4-21(22)26/h2-14H,15H2,1H3,(H,27,29,32)/b20-14+. The van der Waals surface area contributed by atoms with Crippen molar-refractivity contribution in [2.45, 2.75) is 13.5 Å². The molecule has 4 rings (SSSR count). The molecule has 1 aliphatic rings. The number of amides is 2. The van der Waals surface area contributed by atoms with Gasteiger partial charge in [-0.15, -0.1) is 0 Å². The fraction of sp³-hybridized carbons (Fsp3) is 0.0800. The van der Waals surface area contributed by atoms with Crippen LogP contribution in [0, 0.1) is 12.7 Å². The average Bonchev–Trinajstić information content (AvgIpc) is 2.78. The van der Waals surface area contributed by atoms with Crippen LogP contribution in [0.4, 0.5) is 10.1 Å². The lowest BCUT2D eigenvalue weighted by atomic mass is 10.1. The summed E-state index contributed by atoms with van der Waals surface area (Å²) >= 11 is 5.10. The summed E-state index contributed by atoms with van der Waals surface area (Å²) in [5.74, 6) is -1.29.